The summed E-state index contributed by atoms with van der Waals surface area (Å²) in [5.41, 5.74) is 3.61. The molecule has 0 N–H and O–H groups in total. The third-order valence-electron chi connectivity index (χ3n) is 4.13. The number of allylic oxidation sites excluding steroid dienone is 2. The van der Waals surface area contributed by atoms with Gasteiger partial charge in [-0.05, 0) is 29.2 Å². The van der Waals surface area contributed by atoms with Gasteiger partial charge in [0.05, 0.1) is 4.92 Å². The number of benzene rings is 2. The van der Waals surface area contributed by atoms with Crippen molar-refractivity contribution in [3.05, 3.63) is 81.4 Å². The molecular weight excluding hydrogens is 278 g/mol. The topological polar surface area (TPSA) is 60.2 Å². The average molecular weight is 293 g/mol. The highest BCUT2D eigenvalue weighted by molar-refractivity contribution is 6.08. The Morgan fingerprint density at radius 1 is 1.09 bits per heavy atom. The smallest absolute Gasteiger partial charge is 0.269 e. The fraction of sp³-hybridized carbons (Fsp3) is 0.167. The van der Waals surface area contributed by atoms with Crippen LogP contribution in [0, 0.1) is 10.1 Å². The van der Waals surface area contributed by atoms with Crippen molar-refractivity contribution in [2.45, 2.75) is 19.3 Å². The van der Waals surface area contributed by atoms with Crippen molar-refractivity contribution in [2.24, 2.45) is 0 Å². The molecule has 0 fully saturated rings. The highest BCUT2D eigenvalue weighted by Crippen LogP contribution is 2.43. The van der Waals surface area contributed by atoms with E-state index in [2.05, 4.69) is 0 Å². The van der Waals surface area contributed by atoms with E-state index in [9.17, 15) is 14.9 Å². The van der Waals surface area contributed by atoms with Gasteiger partial charge in [-0.3, -0.25) is 14.9 Å². The zero-order valence-corrected chi connectivity index (χ0v) is 12.2. The minimum absolute atomic E-state index is 0.0573. The average Bonchev–Trinajstić information content (AvgIpc) is 2.84. The van der Waals surface area contributed by atoms with Crippen LogP contribution >= 0.6 is 0 Å². The molecule has 0 bridgehead atoms. The molecule has 2 aromatic carbocycles. The van der Waals surface area contributed by atoms with Crippen molar-refractivity contribution in [2.75, 3.05) is 0 Å². The van der Waals surface area contributed by atoms with Gasteiger partial charge in [0.2, 0.25) is 0 Å². The number of nitro groups is 1. The van der Waals surface area contributed by atoms with Gasteiger partial charge in [-0.1, -0.05) is 42.5 Å². The summed E-state index contributed by atoms with van der Waals surface area (Å²) in [4.78, 5) is 22.7. The molecule has 0 aliphatic heterocycles. The molecule has 0 aromatic heterocycles. The van der Waals surface area contributed by atoms with E-state index in [1.165, 1.54) is 6.07 Å². The van der Waals surface area contributed by atoms with E-state index in [1.54, 1.807) is 12.1 Å². The lowest BCUT2D eigenvalue weighted by Gasteiger charge is -2.15. The monoisotopic (exact) mass is 293 g/mol. The lowest BCUT2D eigenvalue weighted by molar-refractivity contribution is -0.384. The Morgan fingerprint density at radius 2 is 1.82 bits per heavy atom. The van der Waals surface area contributed by atoms with Crippen LogP contribution in [-0.4, -0.2) is 10.7 Å². The summed E-state index contributed by atoms with van der Waals surface area (Å²) < 4.78 is 0. The number of nitro benzene ring substituents is 1. The maximum atomic E-state index is 12.2. The number of rotatable bonds is 3. The maximum Gasteiger partial charge on any atom is 0.269 e. The van der Waals surface area contributed by atoms with Crippen molar-refractivity contribution in [3.8, 4) is 0 Å². The second kappa shape index (κ2) is 5.56. The highest BCUT2D eigenvalue weighted by Gasteiger charge is 2.32. The van der Waals surface area contributed by atoms with Crippen molar-refractivity contribution in [3.63, 3.8) is 0 Å². The predicted molar refractivity (Wildman–Crippen MR) is 84.5 cm³/mol. The predicted octanol–water partition coefficient (Wildman–Crippen LogP) is 4.12. The summed E-state index contributed by atoms with van der Waals surface area (Å²) in [5.74, 6) is -0.00911. The highest BCUT2D eigenvalue weighted by atomic mass is 16.6. The van der Waals surface area contributed by atoms with E-state index in [0.29, 0.717) is 6.42 Å². The first-order valence-electron chi connectivity index (χ1n) is 7.11. The number of carbonyl (C=O) groups excluding carboxylic acids is 1. The van der Waals surface area contributed by atoms with Crippen LogP contribution in [0.3, 0.4) is 0 Å². The van der Waals surface area contributed by atoms with Gasteiger partial charge in [0.1, 0.15) is 0 Å². The molecule has 4 heteroatoms. The molecule has 110 valence electrons. The number of carbonyl (C=O) groups is 1. The molecular formula is C18H15NO3. The van der Waals surface area contributed by atoms with E-state index >= 15 is 0 Å². The van der Waals surface area contributed by atoms with E-state index in [1.807, 2.05) is 43.3 Å². The lowest BCUT2D eigenvalue weighted by atomic mass is 9.87. The van der Waals surface area contributed by atoms with Crippen LogP contribution < -0.4 is 0 Å². The van der Waals surface area contributed by atoms with Crippen LogP contribution in [0.25, 0.3) is 5.57 Å². The van der Waals surface area contributed by atoms with Crippen LogP contribution in [0.15, 0.2) is 60.2 Å². The third-order valence-corrected chi connectivity index (χ3v) is 4.13. The standard InChI is InChI=1S/C18H15NO3/c1-12-17(20)11-16(18(12)13-6-3-2-4-7-13)14-8-5-9-15(10-14)19(21)22/h2-10,16H,11H2,1H3/t16-/m0/s1. The van der Waals surface area contributed by atoms with Gasteiger partial charge < -0.3 is 0 Å². The van der Waals surface area contributed by atoms with Crippen LogP contribution in [0.1, 0.15) is 30.4 Å². The second-order valence-corrected chi connectivity index (χ2v) is 5.44. The Labute approximate surface area is 128 Å². The molecule has 0 amide bonds. The third kappa shape index (κ3) is 2.44. The molecule has 4 nitrogen and oxygen atoms in total. The number of hydrogen-bond donors (Lipinski definition) is 0. The summed E-state index contributed by atoms with van der Waals surface area (Å²) in [6, 6.07) is 16.3. The van der Waals surface area contributed by atoms with Crippen molar-refractivity contribution in [1.82, 2.24) is 0 Å². The molecule has 2 aromatic rings. The Balaban J connectivity index is 2.09. The summed E-state index contributed by atoms with van der Waals surface area (Å²) in [7, 11) is 0. The molecule has 1 aliphatic rings. The van der Waals surface area contributed by atoms with Crippen molar-refractivity contribution in [1.29, 1.82) is 0 Å². The van der Waals surface area contributed by atoms with Crippen molar-refractivity contribution >= 4 is 17.0 Å². The molecule has 0 heterocycles. The number of hydrogen-bond acceptors (Lipinski definition) is 3. The summed E-state index contributed by atoms with van der Waals surface area (Å²) in [5, 5.41) is 11.0. The first-order chi connectivity index (χ1) is 10.6. The van der Waals surface area contributed by atoms with Gasteiger partial charge in [-0.25, -0.2) is 0 Å². The van der Waals surface area contributed by atoms with Crippen molar-refractivity contribution < 1.29 is 9.72 Å². The first kappa shape index (κ1) is 14.2. The minimum Gasteiger partial charge on any atom is -0.295 e. The number of ketones is 1. The van der Waals surface area contributed by atoms with E-state index in [4.69, 9.17) is 0 Å². The number of nitrogens with zero attached hydrogens (tertiary/aromatic N) is 1. The summed E-state index contributed by atoms with van der Waals surface area (Å²) >= 11 is 0. The minimum atomic E-state index is -0.404. The zero-order chi connectivity index (χ0) is 15.7. The van der Waals surface area contributed by atoms with Crippen LogP contribution in [0.4, 0.5) is 5.69 Å². The molecule has 0 saturated heterocycles. The van der Waals surface area contributed by atoms with E-state index in [0.717, 1.165) is 22.3 Å². The Kier molecular flexibility index (Phi) is 3.59. The van der Waals surface area contributed by atoms with Gasteiger partial charge in [-0.15, -0.1) is 0 Å². The molecule has 0 radical (unpaired) electrons. The first-order valence-corrected chi connectivity index (χ1v) is 7.11. The SMILES string of the molecule is CC1=C(c2ccccc2)[C@H](c2cccc([N+](=O)[O-])c2)CC1=O. The molecule has 1 aliphatic carbocycles. The van der Waals surface area contributed by atoms with Gasteiger partial charge in [0.25, 0.3) is 5.69 Å². The maximum absolute atomic E-state index is 12.2. The fourth-order valence-electron chi connectivity index (χ4n) is 3.03. The fourth-order valence-corrected chi connectivity index (χ4v) is 3.03. The Morgan fingerprint density at radius 3 is 2.50 bits per heavy atom. The van der Waals surface area contributed by atoms with Crippen LogP contribution in [0.2, 0.25) is 0 Å². The molecule has 22 heavy (non-hydrogen) atoms. The molecule has 3 rings (SSSR count). The Bertz CT molecular complexity index is 778. The van der Waals surface area contributed by atoms with Gasteiger partial charge >= 0.3 is 0 Å². The quantitative estimate of drug-likeness (QED) is 0.631. The zero-order valence-electron chi connectivity index (χ0n) is 12.2. The van der Waals surface area contributed by atoms with E-state index in [-0.39, 0.29) is 17.4 Å². The largest absolute Gasteiger partial charge is 0.295 e. The normalized spacial score (nSPS) is 17.9. The Hall–Kier alpha value is -2.75. The molecule has 1 atom stereocenters. The van der Waals surface area contributed by atoms with Gasteiger partial charge in [0, 0.05) is 24.5 Å². The number of Topliss-reactive ketones (excluding diaryl/α,β-unsaturated/α-hetero) is 1. The molecule has 0 spiro atoms. The van der Waals surface area contributed by atoms with Gasteiger partial charge in [0.15, 0.2) is 5.78 Å². The van der Waals surface area contributed by atoms with Crippen LogP contribution in [-0.2, 0) is 4.79 Å². The number of non-ortho nitro benzene ring substituents is 1. The van der Waals surface area contributed by atoms with Crippen LogP contribution in [0.5, 0.6) is 0 Å². The lowest BCUT2D eigenvalue weighted by Crippen LogP contribution is -2.00. The summed E-state index contributed by atoms with van der Waals surface area (Å²) in [6.07, 6.45) is 0.372. The molecule has 0 saturated carbocycles. The second-order valence-electron chi connectivity index (χ2n) is 5.44. The summed E-state index contributed by atoms with van der Waals surface area (Å²) in [6.45, 7) is 1.84. The molecule has 0 unspecified atom stereocenters. The van der Waals surface area contributed by atoms with Gasteiger partial charge in [-0.2, -0.15) is 0 Å². The van der Waals surface area contributed by atoms with E-state index < -0.39 is 4.92 Å².